The second-order valence-electron chi connectivity index (χ2n) is 7.23. The molecule has 5 heteroatoms. The molecule has 0 bridgehead atoms. The van der Waals surface area contributed by atoms with Gasteiger partial charge in [-0.15, -0.1) is 0 Å². The molecule has 0 unspecified atom stereocenters. The summed E-state index contributed by atoms with van der Waals surface area (Å²) in [5, 5.41) is 14.7. The topological polar surface area (TPSA) is 55.8 Å². The van der Waals surface area contributed by atoms with Gasteiger partial charge < -0.3 is 15.3 Å². The molecule has 28 heavy (non-hydrogen) atoms. The molecular weight excluding hydrogens is 350 g/mol. The quantitative estimate of drug-likeness (QED) is 0.730. The van der Waals surface area contributed by atoms with Gasteiger partial charge in [0.25, 0.3) is 0 Å². The number of nitrogens with zero attached hydrogens (tertiary/aromatic N) is 2. The number of hydrogen-bond donors (Lipinski definition) is 2. The molecule has 144 valence electrons. The Bertz CT molecular complexity index is 958. The second kappa shape index (κ2) is 7.90. The van der Waals surface area contributed by atoms with Gasteiger partial charge in [-0.3, -0.25) is 9.69 Å². The van der Waals surface area contributed by atoms with Crippen molar-refractivity contribution in [3.63, 3.8) is 0 Å². The van der Waals surface area contributed by atoms with E-state index in [1.165, 1.54) is 0 Å². The number of rotatable bonds is 4. The van der Waals surface area contributed by atoms with E-state index in [9.17, 15) is 9.90 Å². The summed E-state index contributed by atoms with van der Waals surface area (Å²) in [4.78, 5) is 17.4. The van der Waals surface area contributed by atoms with Crippen molar-refractivity contribution in [2.24, 2.45) is 0 Å². The highest BCUT2D eigenvalue weighted by Crippen LogP contribution is 2.24. The molecule has 1 aliphatic heterocycles. The van der Waals surface area contributed by atoms with Crippen molar-refractivity contribution in [1.29, 1.82) is 0 Å². The van der Waals surface area contributed by atoms with Crippen LogP contribution in [0.3, 0.4) is 0 Å². The average Bonchev–Trinajstić information content (AvgIpc) is 2.74. The molecule has 1 amide bonds. The van der Waals surface area contributed by atoms with E-state index in [1.54, 1.807) is 12.1 Å². The fourth-order valence-corrected chi connectivity index (χ4v) is 3.77. The summed E-state index contributed by atoms with van der Waals surface area (Å²) >= 11 is 0. The fraction of sp³-hybridized carbons (Fsp3) is 0.261. The first-order valence-electron chi connectivity index (χ1n) is 9.68. The molecule has 3 aromatic rings. The Labute approximate surface area is 165 Å². The summed E-state index contributed by atoms with van der Waals surface area (Å²) in [6.07, 6.45) is 0. The third-order valence-corrected chi connectivity index (χ3v) is 5.50. The zero-order chi connectivity index (χ0) is 19.5. The lowest BCUT2D eigenvalue weighted by Gasteiger charge is -2.38. The van der Waals surface area contributed by atoms with Gasteiger partial charge in [-0.25, -0.2) is 0 Å². The van der Waals surface area contributed by atoms with Gasteiger partial charge in [-0.1, -0.05) is 36.4 Å². The summed E-state index contributed by atoms with van der Waals surface area (Å²) in [5.74, 6) is 0.301. The van der Waals surface area contributed by atoms with Crippen LogP contribution in [0.1, 0.15) is 6.92 Å². The van der Waals surface area contributed by atoms with Crippen molar-refractivity contribution >= 4 is 28.1 Å². The second-order valence-corrected chi connectivity index (χ2v) is 7.23. The number of aromatic hydroxyl groups is 1. The smallest absolute Gasteiger partial charge is 0.241 e. The number of carbonyl (C=O) groups is 1. The van der Waals surface area contributed by atoms with Crippen LogP contribution in [0.5, 0.6) is 5.75 Å². The minimum atomic E-state index is -0.194. The summed E-state index contributed by atoms with van der Waals surface area (Å²) in [6, 6.07) is 21.1. The minimum absolute atomic E-state index is 0.0226. The fourth-order valence-electron chi connectivity index (χ4n) is 3.77. The van der Waals surface area contributed by atoms with Gasteiger partial charge in [-0.05, 0) is 42.6 Å². The zero-order valence-electron chi connectivity index (χ0n) is 16.0. The number of phenols is 1. The number of carbonyl (C=O) groups excluding carboxylic acids is 1. The lowest BCUT2D eigenvalue weighted by molar-refractivity contribution is -0.120. The maximum absolute atomic E-state index is 12.9. The molecule has 1 heterocycles. The third kappa shape index (κ3) is 3.80. The number of fused-ring (bicyclic) bond motifs is 1. The Hall–Kier alpha value is -3.05. The number of amides is 1. The molecule has 0 saturated carbocycles. The molecule has 0 aromatic heterocycles. The van der Waals surface area contributed by atoms with E-state index in [2.05, 4.69) is 27.2 Å². The van der Waals surface area contributed by atoms with Crippen molar-refractivity contribution in [3.05, 3.63) is 66.7 Å². The lowest BCUT2D eigenvalue weighted by Crippen LogP contribution is -2.52. The first kappa shape index (κ1) is 18.3. The summed E-state index contributed by atoms with van der Waals surface area (Å²) in [5.41, 5.74) is 1.96. The van der Waals surface area contributed by atoms with Crippen LogP contribution in [-0.4, -0.2) is 48.1 Å². The largest absolute Gasteiger partial charge is 0.508 e. The van der Waals surface area contributed by atoms with E-state index in [1.807, 2.05) is 49.4 Å². The SMILES string of the molecule is C[C@H](C(=O)Nc1cccc2ccccc12)N1CCN(c2ccc(O)cc2)CC1. The van der Waals surface area contributed by atoms with Crippen molar-refractivity contribution in [1.82, 2.24) is 4.90 Å². The van der Waals surface area contributed by atoms with E-state index < -0.39 is 0 Å². The molecule has 5 nitrogen and oxygen atoms in total. The van der Waals surface area contributed by atoms with Crippen LogP contribution >= 0.6 is 0 Å². The molecule has 1 aliphatic rings. The monoisotopic (exact) mass is 375 g/mol. The molecule has 2 N–H and O–H groups in total. The highest BCUT2D eigenvalue weighted by molar-refractivity contribution is 6.03. The standard InChI is InChI=1S/C23H25N3O2/c1-17(23(28)24-22-8-4-6-18-5-2-3-7-21(18)22)25-13-15-26(16-14-25)19-9-11-20(27)12-10-19/h2-12,17,27H,13-16H2,1H3,(H,24,28)/t17-/m1/s1. The van der Waals surface area contributed by atoms with E-state index in [0.717, 1.165) is 48.3 Å². The minimum Gasteiger partial charge on any atom is -0.508 e. The first-order chi connectivity index (χ1) is 13.6. The number of piperazine rings is 1. The maximum Gasteiger partial charge on any atom is 0.241 e. The van der Waals surface area contributed by atoms with Gasteiger partial charge in [0.2, 0.25) is 5.91 Å². The molecule has 1 atom stereocenters. The van der Waals surface area contributed by atoms with Crippen molar-refractivity contribution < 1.29 is 9.90 Å². The molecular formula is C23H25N3O2. The van der Waals surface area contributed by atoms with Crippen LogP contribution in [0.2, 0.25) is 0 Å². The van der Waals surface area contributed by atoms with Gasteiger partial charge in [-0.2, -0.15) is 0 Å². The van der Waals surface area contributed by atoms with E-state index in [4.69, 9.17) is 0 Å². The maximum atomic E-state index is 12.9. The normalized spacial score (nSPS) is 16.1. The molecule has 4 rings (SSSR count). The van der Waals surface area contributed by atoms with Gasteiger partial charge in [0.1, 0.15) is 5.75 Å². The number of benzene rings is 3. The number of phenolic OH excluding ortho intramolecular Hbond substituents is 1. The Morgan fingerprint density at radius 1 is 0.929 bits per heavy atom. The molecule has 0 aliphatic carbocycles. The Balaban J connectivity index is 1.39. The average molecular weight is 375 g/mol. The third-order valence-electron chi connectivity index (χ3n) is 5.50. The Kier molecular flexibility index (Phi) is 5.17. The Morgan fingerprint density at radius 2 is 1.61 bits per heavy atom. The number of anilines is 2. The predicted octanol–water partition coefficient (Wildman–Crippen LogP) is 3.69. The van der Waals surface area contributed by atoms with Crippen LogP contribution in [0.15, 0.2) is 66.7 Å². The summed E-state index contributed by atoms with van der Waals surface area (Å²) < 4.78 is 0. The molecule has 0 radical (unpaired) electrons. The van der Waals surface area contributed by atoms with Crippen LogP contribution in [0.25, 0.3) is 10.8 Å². The van der Waals surface area contributed by atoms with Crippen LogP contribution in [0.4, 0.5) is 11.4 Å². The number of nitrogens with one attached hydrogen (secondary N) is 1. The van der Waals surface area contributed by atoms with Gasteiger partial charge in [0.15, 0.2) is 0 Å². The van der Waals surface area contributed by atoms with E-state index in [-0.39, 0.29) is 17.7 Å². The molecule has 1 fully saturated rings. The van der Waals surface area contributed by atoms with Gasteiger partial charge in [0.05, 0.1) is 6.04 Å². The van der Waals surface area contributed by atoms with E-state index >= 15 is 0 Å². The van der Waals surface area contributed by atoms with E-state index in [0.29, 0.717) is 0 Å². The van der Waals surface area contributed by atoms with Gasteiger partial charge >= 0.3 is 0 Å². The molecule has 1 saturated heterocycles. The van der Waals surface area contributed by atoms with Crippen LogP contribution < -0.4 is 10.2 Å². The molecule has 3 aromatic carbocycles. The predicted molar refractivity (Wildman–Crippen MR) is 114 cm³/mol. The number of hydrogen-bond acceptors (Lipinski definition) is 4. The summed E-state index contributed by atoms with van der Waals surface area (Å²) in [7, 11) is 0. The van der Waals surface area contributed by atoms with Crippen molar-refractivity contribution in [2.45, 2.75) is 13.0 Å². The summed E-state index contributed by atoms with van der Waals surface area (Å²) in [6.45, 7) is 5.33. The lowest BCUT2D eigenvalue weighted by atomic mass is 10.1. The molecule has 0 spiro atoms. The van der Waals surface area contributed by atoms with Gasteiger partial charge in [0, 0.05) is 42.9 Å². The highest BCUT2D eigenvalue weighted by Gasteiger charge is 2.26. The van der Waals surface area contributed by atoms with Crippen LogP contribution in [0, 0.1) is 0 Å². The zero-order valence-corrected chi connectivity index (χ0v) is 16.0. The van der Waals surface area contributed by atoms with Crippen molar-refractivity contribution in [3.8, 4) is 5.75 Å². The van der Waals surface area contributed by atoms with Crippen molar-refractivity contribution in [2.75, 3.05) is 36.4 Å². The van der Waals surface area contributed by atoms with Crippen LogP contribution in [-0.2, 0) is 4.79 Å². The Morgan fingerprint density at radius 3 is 2.36 bits per heavy atom. The highest BCUT2D eigenvalue weighted by atomic mass is 16.3. The first-order valence-corrected chi connectivity index (χ1v) is 9.68.